The fraction of sp³-hybridized carbons (Fsp3) is 0.591. The van der Waals surface area contributed by atoms with Crippen molar-refractivity contribution in [2.45, 2.75) is 26.4 Å². The van der Waals surface area contributed by atoms with E-state index in [-0.39, 0.29) is 24.0 Å². The van der Waals surface area contributed by atoms with Gasteiger partial charge >= 0.3 is 0 Å². The van der Waals surface area contributed by atoms with Crippen LogP contribution in [0.4, 0.5) is 0 Å². The molecule has 1 aromatic carbocycles. The van der Waals surface area contributed by atoms with E-state index in [1.54, 1.807) is 27.7 Å². The van der Waals surface area contributed by atoms with E-state index in [4.69, 9.17) is 14.2 Å². The van der Waals surface area contributed by atoms with Gasteiger partial charge in [0.1, 0.15) is 12.2 Å². The Morgan fingerprint density at radius 3 is 2.27 bits per heavy atom. The zero-order valence-corrected chi connectivity index (χ0v) is 22.5. The van der Waals surface area contributed by atoms with E-state index in [1.165, 1.54) is 0 Å². The number of ether oxygens (including phenoxy) is 3. The third-order valence-electron chi connectivity index (χ3n) is 5.66. The number of benzene rings is 1. The second-order valence-electron chi connectivity index (χ2n) is 7.56. The van der Waals surface area contributed by atoms with Crippen molar-refractivity contribution in [2.24, 2.45) is 4.99 Å². The van der Waals surface area contributed by atoms with Crippen molar-refractivity contribution in [1.29, 1.82) is 0 Å². The molecule has 0 bridgehead atoms. The van der Waals surface area contributed by atoms with Crippen molar-refractivity contribution in [3.05, 3.63) is 29.8 Å². The number of methoxy groups -OCH3 is 3. The van der Waals surface area contributed by atoms with Crippen LogP contribution in [0.15, 0.2) is 23.5 Å². The quantitative estimate of drug-likeness (QED) is 0.277. The Balaban J connectivity index is 0.00000385. The van der Waals surface area contributed by atoms with Gasteiger partial charge in [-0.05, 0) is 17.7 Å². The van der Waals surface area contributed by atoms with Gasteiger partial charge < -0.3 is 29.0 Å². The Bertz CT molecular complexity index is 873. The van der Waals surface area contributed by atoms with Gasteiger partial charge in [0.15, 0.2) is 17.5 Å². The molecule has 0 spiro atoms. The van der Waals surface area contributed by atoms with Crippen molar-refractivity contribution in [3.63, 3.8) is 0 Å². The van der Waals surface area contributed by atoms with Gasteiger partial charge in [-0.15, -0.1) is 34.2 Å². The molecule has 11 heteroatoms. The van der Waals surface area contributed by atoms with E-state index >= 15 is 0 Å². The van der Waals surface area contributed by atoms with E-state index < -0.39 is 0 Å². The summed E-state index contributed by atoms with van der Waals surface area (Å²) in [6, 6.07) is 4.04. The summed E-state index contributed by atoms with van der Waals surface area (Å²) in [5.41, 5.74) is 1.14. The Morgan fingerprint density at radius 1 is 1.06 bits per heavy atom. The fourth-order valence-corrected chi connectivity index (χ4v) is 3.96. The lowest BCUT2D eigenvalue weighted by Crippen LogP contribution is -2.52. The summed E-state index contributed by atoms with van der Waals surface area (Å²) in [6.07, 6.45) is 2.66. The van der Waals surface area contributed by atoms with Crippen LogP contribution in [0.1, 0.15) is 18.3 Å². The maximum absolute atomic E-state index is 5.49. The predicted molar refractivity (Wildman–Crippen MR) is 139 cm³/mol. The SMILES string of the molecule is CCc1nncn1CCNC(=NC)N1CCN(Cc2cc(OC)c(OC)c(OC)c2)CC1.I. The van der Waals surface area contributed by atoms with Gasteiger partial charge in [-0.1, -0.05) is 6.92 Å². The molecule has 0 aliphatic carbocycles. The molecule has 184 valence electrons. The molecule has 0 radical (unpaired) electrons. The highest BCUT2D eigenvalue weighted by Crippen LogP contribution is 2.38. The molecule has 1 aromatic heterocycles. The first kappa shape index (κ1) is 27.0. The van der Waals surface area contributed by atoms with Gasteiger partial charge in [-0.2, -0.15) is 0 Å². The van der Waals surface area contributed by atoms with E-state index in [0.29, 0.717) is 17.2 Å². The zero-order valence-electron chi connectivity index (χ0n) is 20.2. The number of aryl methyl sites for hydroxylation is 1. The molecule has 1 N–H and O–H groups in total. The molecule has 1 saturated heterocycles. The minimum atomic E-state index is 0. The number of hydrogen-bond acceptors (Lipinski definition) is 7. The number of nitrogens with one attached hydrogen (secondary N) is 1. The summed E-state index contributed by atoms with van der Waals surface area (Å²) in [4.78, 5) is 9.20. The van der Waals surface area contributed by atoms with Crippen molar-refractivity contribution in [3.8, 4) is 17.2 Å². The highest BCUT2D eigenvalue weighted by Gasteiger charge is 2.21. The van der Waals surface area contributed by atoms with E-state index in [2.05, 4.69) is 41.8 Å². The van der Waals surface area contributed by atoms with Gasteiger partial charge in [0.25, 0.3) is 0 Å². The van der Waals surface area contributed by atoms with Gasteiger partial charge in [0.2, 0.25) is 5.75 Å². The van der Waals surface area contributed by atoms with Crippen LogP contribution < -0.4 is 19.5 Å². The van der Waals surface area contributed by atoms with Gasteiger partial charge in [0.05, 0.1) is 21.3 Å². The number of aliphatic imine (C=N–C) groups is 1. The standard InChI is InChI=1S/C22H35N7O3.HI/c1-6-20-26-25-16-29(20)8-7-24-22(23-2)28-11-9-27(10-12-28)15-17-13-18(30-3)21(32-5)19(14-17)31-4;/h13-14,16H,6-12,15H2,1-5H3,(H,23,24);1H. The minimum absolute atomic E-state index is 0. The van der Waals surface area contributed by atoms with Crippen LogP contribution >= 0.6 is 24.0 Å². The Kier molecular flexibility index (Phi) is 11.0. The second kappa shape index (κ2) is 13.4. The molecule has 0 unspecified atom stereocenters. The summed E-state index contributed by atoms with van der Waals surface area (Å²) in [7, 11) is 6.74. The van der Waals surface area contributed by atoms with Crippen LogP contribution in [0.5, 0.6) is 17.2 Å². The van der Waals surface area contributed by atoms with Crippen LogP contribution in [0, 0.1) is 0 Å². The smallest absolute Gasteiger partial charge is 0.203 e. The summed E-state index contributed by atoms with van der Waals surface area (Å²) >= 11 is 0. The molecule has 1 fully saturated rings. The molecule has 0 atom stereocenters. The molecule has 0 saturated carbocycles. The van der Waals surface area contributed by atoms with Crippen molar-refractivity contribution in [2.75, 3.05) is 61.1 Å². The monoisotopic (exact) mass is 573 g/mol. The Hall–Kier alpha value is -2.28. The van der Waals surface area contributed by atoms with Crippen molar-refractivity contribution >= 4 is 29.9 Å². The minimum Gasteiger partial charge on any atom is -0.493 e. The highest BCUT2D eigenvalue weighted by atomic mass is 127. The van der Waals surface area contributed by atoms with Crippen LogP contribution in [-0.2, 0) is 19.5 Å². The van der Waals surface area contributed by atoms with Crippen molar-refractivity contribution in [1.82, 2.24) is 29.9 Å². The van der Waals surface area contributed by atoms with Crippen LogP contribution in [-0.4, -0.2) is 91.6 Å². The number of hydrogen-bond donors (Lipinski definition) is 1. The molecule has 1 aliphatic rings. The van der Waals surface area contributed by atoms with E-state index in [1.807, 2.05) is 19.2 Å². The van der Waals surface area contributed by atoms with Crippen LogP contribution in [0.3, 0.4) is 0 Å². The largest absolute Gasteiger partial charge is 0.493 e. The Labute approximate surface area is 213 Å². The lowest BCUT2D eigenvalue weighted by molar-refractivity contribution is 0.172. The molecule has 10 nitrogen and oxygen atoms in total. The maximum Gasteiger partial charge on any atom is 0.203 e. The molecule has 33 heavy (non-hydrogen) atoms. The molecular weight excluding hydrogens is 537 g/mol. The molecule has 2 aromatic rings. The van der Waals surface area contributed by atoms with Gasteiger partial charge in [-0.3, -0.25) is 9.89 Å². The van der Waals surface area contributed by atoms with E-state index in [0.717, 1.165) is 69.6 Å². The number of piperazine rings is 1. The summed E-state index contributed by atoms with van der Waals surface area (Å²) in [6.45, 7) is 8.23. The summed E-state index contributed by atoms with van der Waals surface area (Å²) in [5, 5.41) is 11.6. The number of aromatic nitrogens is 3. The first-order valence-electron chi connectivity index (χ1n) is 11.0. The van der Waals surface area contributed by atoms with Gasteiger partial charge in [0, 0.05) is 59.3 Å². The lowest BCUT2D eigenvalue weighted by Gasteiger charge is -2.36. The zero-order chi connectivity index (χ0) is 22.9. The summed E-state index contributed by atoms with van der Waals surface area (Å²) < 4.78 is 18.5. The highest BCUT2D eigenvalue weighted by molar-refractivity contribution is 14.0. The van der Waals surface area contributed by atoms with E-state index in [9.17, 15) is 0 Å². The normalized spacial score (nSPS) is 14.6. The summed E-state index contributed by atoms with van der Waals surface area (Å²) in [5.74, 6) is 3.93. The third kappa shape index (κ3) is 6.85. The first-order valence-corrected chi connectivity index (χ1v) is 11.0. The number of halogens is 1. The first-order chi connectivity index (χ1) is 15.6. The van der Waals surface area contributed by atoms with Crippen molar-refractivity contribution < 1.29 is 14.2 Å². The predicted octanol–water partition coefficient (Wildman–Crippen LogP) is 1.88. The number of nitrogens with zero attached hydrogens (tertiary/aromatic N) is 6. The topological polar surface area (TPSA) is 89.3 Å². The molecular formula is C22H36IN7O3. The van der Waals surface area contributed by atoms with Crippen LogP contribution in [0.2, 0.25) is 0 Å². The molecule has 0 amide bonds. The lowest BCUT2D eigenvalue weighted by atomic mass is 10.1. The molecule has 1 aliphatic heterocycles. The number of rotatable bonds is 9. The van der Waals surface area contributed by atoms with Crippen LogP contribution in [0.25, 0.3) is 0 Å². The third-order valence-corrected chi connectivity index (χ3v) is 5.66. The average Bonchev–Trinajstić information content (AvgIpc) is 3.29. The number of guanidine groups is 1. The second-order valence-corrected chi connectivity index (χ2v) is 7.56. The fourth-order valence-electron chi connectivity index (χ4n) is 3.96. The Morgan fingerprint density at radius 2 is 1.73 bits per heavy atom. The average molecular weight is 573 g/mol. The molecule has 2 heterocycles. The molecule has 3 rings (SSSR count). The van der Waals surface area contributed by atoms with Gasteiger partial charge in [-0.25, -0.2) is 0 Å². The maximum atomic E-state index is 5.49.